The van der Waals surface area contributed by atoms with Crippen molar-refractivity contribution in [2.24, 2.45) is 0 Å². The second-order valence-electron chi connectivity index (χ2n) is 6.64. The van der Waals surface area contributed by atoms with Gasteiger partial charge in [0.1, 0.15) is 0 Å². The Hall–Kier alpha value is -1.66. The summed E-state index contributed by atoms with van der Waals surface area (Å²) in [6.45, 7) is 7.37. The van der Waals surface area contributed by atoms with Crippen molar-refractivity contribution >= 4 is 0 Å². The normalized spacial score (nSPS) is 20.7. The second kappa shape index (κ2) is 7.27. The van der Waals surface area contributed by atoms with Crippen LogP contribution in [0.5, 0.6) is 0 Å². The van der Waals surface area contributed by atoms with Crippen LogP contribution >= 0.6 is 0 Å². The summed E-state index contributed by atoms with van der Waals surface area (Å²) in [4.78, 5) is 2.42. The molecule has 0 bridgehead atoms. The molecule has 1 saturated heterocycles. The number of aryl methyl sites for hydroxylation is 2. The van der Waals surface area contributed by atoms with Gasteiger partial charge in [0.25, 0.3) is 0 Å². The van der Waals surface area contributed by atoms with Crippen molar-refractivity contribution in [3.8, 4) is 0 Å². The standard InChI is InChI=1S/C17H27N5O/c1-14-10-15(2)22(19-14)11-16-6-3-4-8-20(16)12-17(23)13-21-9-5-7-18-21/h5,7,9-10,16-17,23H,3-4,6,8,11-13H2,1-2H3/t16-,17+/m1/s1. The Labute approximate surface area is 137 Å². The molecule has 1 N–H and O–H groups in total. The van der Waals surface area contributed by atoms with Crippen molar-refractivity contribution in [2.45, 2.75) is 58.3 Å². The molecule has 0 aliphatic carbocycles. The highest BCUT2D eigenvalue weighted by atomic mass is 16.3. The van der Waals surface area contributed by atoms with Crippen LogP contribution < -0.4 is 0 Å². The van der Waals surface area contributed by atoms with E-state index in [4.69, 9.17) is 0 Å². The summed E-state index contributed by atoms with van der Waals surface area (Å²) in [7, 11) is 0. The molecule has 2 aromatic heterocycles. The van der Waals surface area contributed by atoms with Gasteiger partial charge >= 0.3 is 0 Å². The summed E-state index contributed by atoms with van der Waals surface area (Å²) in [5.41, 5.74) is 2.29. The molecule has 2 atom stereocenters. The lowest BCUT2D eigenvalue weighted by Gasteiger charge is -2.37. The molecular formula is C17H27N5O. The van der Waals surface area contributed by atoms with Crippen LogP contribution in [0.1, 0.15) is 30.7 Å². The predicted molar refractivity (Wildman–Crippen MR) is 89.1 cm³/mol. The fraction of sp³-hybridized carbons (Fsp3) is 0.647. The highest BCUT2D eigenvalue weighted by Gasteiger charge is 2.25. The van der Waals surface area contributed by atoms with Crippen LogP contribution in [0.25, 0.3) is 0 Å². The van der Waals surface area contributed by atoms with Gasteiger partial charge in [-0.25, -0.2) is 0 Å². The summed E-state index contributed by atoms with van der Waals surface area (Å²) in [6.07, 6.45) is 6.90. The Kier molecular flexibility index (Phi) is 5.13. The highest BCUT2D eigenvalue weighted by Crippen LogP contribution is 2.20. The largest absolute Gasteiger partial charge is 0.390 e. The number of hydrogen-bond acceptors (Lipinski definition) is 4. The summed E-state index contributed by atoms with van der Waals surface area (Å²) in [5.74, 6) is 0. The highest BCUT2D eigenvalue weighted by molar-refractivity contribution is 5.06. The first-order valence-corrected chi connectivity index (χ1v) is 8.52. The Bertz CT molecular complexity index is 607. The lowest BCUT2D eigenvalue weighted by Crippen LogP contribution is -2.46. The lowest BCUT2D eigenvalue weighted by molar-refractivity contribution is 0.0494. The Balaban J connectivity index is 1.60. The number of aromatic nitrogens is 4. The van der Waals surface area contributed by atoms with E-state index in [0.717, 1.165) is 18.8 Å². The maximum absolute atomic E-state index is 10.4. The average Bonchev–Trinajstić information content (AvgIpc) is 3.11. The lowest BCUT2D eigenvalue weighted by atomic mass is 10.0. The number of aliphatic hydroxyl groups excluding tert-OH is 1. The van der Waals surface area contributed by atoms with E-state index in [0.29, 0.717) is 19.1 Å². The molecule has 1 aliphatic rings. The zero-order valence-corrected chi connectivity index (χ0v) is 14.1. The van der Waals surface area contributed by atoms with Crippen molar-refractivity contribution in [1.29, 1.82) is 0 Å². The van der Waals surface area contributed by atoms with Gasteiger partial charge in [0, 0.05) is 30.7 Å². The zero-order chi connectivity index (χ0) is 16.2. The van der Waals surface area contributed by atoms with E-state index < -0.39 is 6.10 Å². The number of nitrogens with zero attached hydrogens (tertiary/aromatic N) is 5. The Morgan fingerprint density at radius 1 is 1.30 bits per heavy atom. The van der Waals surface area contributed by atoms with Gasteiger partial charge in [0.05, 0.1) is 24.9 Å². The van der Waals surface area contributed by atoms with Gasteiger partial charge in [-0.05, 0) is 45.4 Å². The molecule has 1 fully saturated rings. The number of piperidine rings is 1. The molecule has 0 spiro atoms. The minimum absolute atomic E-state index is 0.393. The van der Waals surface area contributed by atoms with E-state index in [1.54, 1.807) is 10.9 Å². The van der Waals surface area contributed by atoms with Crippen molar-refractivity contribution in [3.05, 3.63) is 35.9 Å². The smallest absolute Gasteiger partial charge is 0.0862 e. The van der Waals surface area contributed by atoms with Crippen molar-refractivity contribution in [3.63, 3.8) is 0 Å². The second-order valence-corrected chi connectivity index (χ2v) is 6.64. The van der Waals surface area contributed by atoms with Gasteiger partial charge < -0.3 is 5.11 Å². The topological polar surface area (TPSA) is 59.1 Å². The van der Waals surface area contributed by atoms with Crippen LogP contribution in [0.4, 0.5) is 0 Å². The van der Waals surface area contributed by atoms with E-state index in [-0.39, 0.29) is 0 Å². The maximum Gasteiger partial charge on any atom is 0.0862 e. The molecule has 126 valence electrons. The van der Waals surface area contributed by atoms with Gasteiger partial charge in [-0.3, -0.25) is 14.3 Å². The van der Waals surface area contributed by atoms with Gasteiger partial charge in [0.15, 0.2) is 0 Å². The fourth-order valence-electron chi connectivity index (χ4n) is 3.52. The number of hydrogen-bond donors (Lipinski definition) is 1. The SMILES string of the molecule is Cc1cc(C)n(C[C@H]2CCCCN2C[C@H](O)Cn2cccn2)n1. The third kappa shape index (κ3) is 4.20. The number of rotatable bonds is 6. The summed E-state index contributed by atoms with van der Waals surface area (Å²) in [5, 5.41) is 19.2. The van der Waals surface area contributed by atoms with Crippen LogP contribution in [0.3, 0.4) is 0 Å². The van der Waals surface area contributed by atoms with Gasteiger partial charge in [0.2, 0.25) is 0 Å². The molecular weight excluding hydrogens is 290 g/mol. The van der Waals surface area contributed by atoms with Crippen molar-refractivity contribution in [1.82, 2.24) is 24.5 Å². The average molecular weight is 317 g/mol. The molecule has 0 amide bonds. The molecule has 0 aromatic carbocycles. The van der Waals surface area contributed by atoms with Crippen molar-refractivity contribution in [2.75, 3.05) is 13.1 Å². The van der Waals surface area contributed by atoms with Crippen LogP contribution in [0.15, 0.2) is 24.5 Å². The summed E-state index contributed by atoms with van der Waals surface area (Å²) >= 11 is 0. The maximum atomic E-state index is 10.4. The Morgan fingerprint density at radius 3 is 2.87 bits per heavy atom. The van der Waals surface area contributed by atoms with E-state index in [2.05, 4.69) is 32.8 Å². The van der Waals surface area contributed by atoms with E-state index >= 15 is 0 Å². The first-order chi connectivity index (χ1) is 11.1. The summed E-state index contributed by atoms with van der Waals surface area (Å²) in [6, 6.07) is 4.47. The predicted octanol–water partition coefficient (Wildman–Crippen LogP) is 1.61. The van der Waals surface area contributed by atoms with Crippen LogP contribution in [-0.2, 0) is 13.1 Å². The molecule has 3 heterocycles. The number of aliphatic hydroxyl groups is 1. The molecule has 3 rings (SSSR count). The van der Waals surface area contributed by atoms with Gasteiger partial charge in [-0.2, -0.15) is 10.2 Å². The molecule has 0 saturated carbocycles. The number of likely N-dealkylation sites (tertiary alicyclic amines) is 1. The fourth-order valence-corrected chi connectivity index (χ4v) is 3.52. The zero-order valence-electron chi connectivity index (χ0n) is 14.1. The quantitative estimate of drug-likeness (QED) is 0.879. The number of β-amino-alcohol motifs (C(OH)–C–C–N with tert-alkyl or cyclic N) is 1. The van der Waals surface area contributed by atoms with Crippen LogP contribution in [0, 0.1) is 13.8 Å². The first kappa shape index (κ1) is 16.2. The van der Waals surface area contributed by atoms with E-state index in [1.807, 2.05) is 19.2 Å². The van der Waals surface area contributed by atoms with Crippen LogP contribution in [0.2, 0.25) is 0 Å². The Morgan fingerprint density at radius 2 is 2.17 bits per heavy atom. The van der Waals surface area contributed by atoms with Gasteiger partial charge in [-0.1, -0.05) is 6.42 Å². The molecule has 2 aromatic rings. The van der Waals surface area contributed by atoms with E-state index in [1.165, 1.54) is 25.0 Å². The third-order valence-corrected chi connectivity index (χ3v) is 4.64. The van der Waals surface area contributed by atoms with Gasteiger partial charge in [-0.15, -0.1) is 0 Å². The molecule has 0 radical (unpaired) electrons. The molecule has 6 nitrogen and oxygen atoms in total. The first-order valence-electron chi connectivity index (χ1n) is 8.52. The van der Waals surface area contributed by atoms with E-state index in [9.17, 15) is 5.11 Å². The van der Waals surface area contributed by atoms with Crippen molar-refractivity contribution < 1.29 is 5.11 Å². The molecule has 23 heavy (non-hydrogen) atoms. The third-order valence-electron chi connectivity index (χ3n) is 4.64. The minimum Gasteiger partial charge on any atom is -0.390 e. The van der Waals surface area contributed by atoms with Crippen LogP contribution in [-0.4, -0.2) is 54.8 Å². The summed E-state index contributed by atoms with van der Waals surface area (Å²) < 4.78 is 3.91. The molecule has 1 aliphatic heterocycles. The molecule has 6 heteroatoms. The molecule has 0 unspecified atom stereocenters. The minimum atomic E-state index is -0.393. The monoisotopic (exact) mass is 317 g/mol.